The Hall–Kier alpha value is -1.36. The number of aromatic nitrogens is 2. The van der Waals surface area contributed by atoms with E-state index in [9.17, 15) is 0 Å². The van der Waals surface area contributed by atoms with Crippen molar-refractivity contribution in [1.82, 2.24) is 9.97 Å². The van der Waals surface area contributed by atoms with Crippen LogP contribution in [0.4, 0.5) is 5.82 Å². The minimum atomic E-state index is 0.687. The fourth-order valence-electron chi connectivity index (χ4n) is 0.989. The molecule has 72 valence electrons. The second-order valence-electron chi connectivity index (χ2n) is 2.71. The van der Waals surface area contributed by atoms with Crippen molar-refractivity contribution < 1.29 is 4.42 Å². The fourth-order valence-corrected chi connectivity index (χ4v) is 1.19. The van der Waals surface area contributed by atoms with Gasteiger partial charge in [-0.3, -0.25) is 0 Å². The summed E-state index contributed by atoms with van der Waals surface area (Å²) in [6.45, 7) is 0.687. The Morgan fingerprint density at radius 2 is 2.29 bits per heavy atom. The van der Waals surface area contributed by atoms with E-state index in [1.807, 2.05) is 6.07 Å². The third-order valence-corrected chi connectivity index (χ3v) is 2.08. The van der Waals surface area contributed by atoms with Crippen molar-refractivity contribution in [2.24, 2.45) is 0 Å². The highest BCUT2D eigenvalue weighted by Gasteiger charge is 1.96. The summed E-state index contributed by atoms with van der Waals surface area (Å²) in [6, 6.07) is 1.90. The molecule has 0 radical (unpaired) electrons. The minimum Gasteiger partial charge on any atom is -0.472 e. The Bertz CT molecular complexity index is 385. The number of rotatable bonds is 3. The second kappa shape index (κ2) is 4.23. The minimum absolute atomic E-state index is 0.687. The zero-order chi connectivity index (χ0) is 9.80. The van der Waals surface area contributed by atoms with Crippen LogP contribution in [0, 0.1) is 0 Å². The summed E-state index contributed by atoms with van der Waals surface area (Å²) in [5.41, 5.74) is 1.08. The van der Waals surface area contributed by atoms with Gasteiger partial charge in [-0.05, 0) is 22.0 Å². The van der Waals surface area contributed by atoms with E-state index in [2.05, 4.69) is 31.2 Å². The summed E-state index contributed by atoms with van der Waals surface area (Å²) in [5, 5.41) is 3.12. The first-order valence-electron chi connectivity index (χ1n) is 4.07. The topological polar surface area (TPSA) is 51.0 Å². The van der Waals surface area contributed by atoms with Crippen LogP contribution in [0.25, 0.3) is 0 Å². The van der Waals surface area contributed by atoms with Crippen LogP contribution >= 0.6 is 15.9 Å². The monoisotopic (exact) mass is 253 g/mol. The van der Waals surface area contributed by atoms with Gasteiger partial charge in [-0.2, -0.15) is 0 Å². The van der Waals surface area contributed by atoms with E-state index >= 15 is 0 Å². The van der Waals surface area contributed by atoms with E-state index in [0.717, 1.165) is 16.0 Å². The molecule has 0 spiro atoms. The van der Waals surface area contributed by atoms with Gasteiger partial charge in [0, 0.05) is 12.1 Å². The quantitative estimate of drug-likeness (QED) is 0.913. The molecule has 2 rings (SSSR count). The standard InChI is InChI=1S/C9H8BrN3O/c10-8-4-13-9(5-11-8)12-3-7-1-2-14-6-7/h1-2,4-6H,3H2,(H,12,13). The van der Waals surface area contributed by atoms with Crippen molar-refractivity contribution in [3.05, 3.63) is 41.2 Å². The number of nitrogens with one attached hydrogen (secondary N) is 1. The molecule has 0 aliphatic heterocycles. The number of hydrogen-bond donors (Lipinski definition) is 1. The van der Waals surface area contributed by atoms with Crippen LogP contribution in [-0.4, -0.2) is 9.97 Å². The Morgan fingerprint density at radius 1 is 1.36 bits per heavy atom. The maximum Gasteiger partial charge on any atom is 0.144 e. The molecule has 0 aromatic carbocycles. The van der Waals surface area contributed by atoms with Crippen molar-refractivity contribution in [3.63, 3.8) is 0 Å². The molecule has 0 amide bonds. The summed E-state index contributed by atoms with van der Waals surface area (Å²) < 4.78 is 5.67. The molecule has 0 aliphatic rings. The first-order chi connectivity index (χ1) is 6.84. The smallest absolute Gasteiger partial charge is 0.144 e. The average Bonchev–Trinajstić information content (AvgIpc) is 2.70. The van der Waals surface area contributed by atoms with E-state index in [1.54, 1.807) is 24.9 Å². The highest BCUT2D eigenvalue weighted by Crippen LogP contribution is 2.08. The second-order valence-corrected chi connectivity index (χ2v) is 3.52. The van der Waals surface area contributed by atoms with E-state index in [-0.39, 0.29) is 0 Å². The normalized spacial score (nSPS) is 10.1. The molecule has 0 saturated carbocycles. The molecular formula is C9H8BrN3O. The molecule has 0 aliphatic carbocycles. The maximum atomic E-state index is 4.94. The zero-order valence-corrected chi connectivity index (χ0v) is 8.86. The molecule has 1 N–H and O–H groups in total. The molecule has 14 heavy (non-hydrogen) atoms. The van der Waals surface area contributed by atoms with Gasteiger partial charge in [0.25, 0.3) is 0 Å². The Morgan fingerprint density at radius 3 is 2.93 bits per heavy atom. The van der Waals surface area contributed by atoms with E-state index in [4.69, 9.17) is 4.42 Å². The predicted octanol–water partition coefficient (Wildman–Crippen LogP) is 2.44. The van der Waals surface area contributed by atoms with Gasteiger partial charge in [-0.15, -0.1) is 0 Å². The van der Waals surface area contributed by atoms with Crippen molar-refractivity contribution in [3.8, 4) is 0 Å². The molecule has 2 heterocycles. The number of hydrogen-bond acceptors (Lipinski definition) is 4. The van der Waals surface area contributed by atoms with Crippen molar-refractivity contribution >= 4 is 21.7 Å². The van der Waals surface area contributed by atoms with Gasteiger partial charge < -0.3 is 9.73 Å². The van der Waals surface area contributed by atoms with Crippen LogP contribution in [0.5, 0.6) is 0 Å². The molecule has 0 bridgehead atoms. The molecule has 2 aromatic heterocycles. The number of halogens is 1. The molecule has 0 saturated heterocycles. The molecule has 4 nitrogen and oxygen atoms in total. The maximum absolute atomic E-state index is 4.94. The summed E-state index contributed by atoms with van der Waals surface area (Å²) in [5.74, 6) is 0.745. The van der Waals surface area contributed by atoms with Gasteiger partial charge in [0.15, 0.2) is 0 Å². The number of anilines is 1. The average molecular weight is 254 g/mol. The summed E-state index contributed by atoms with van der Waals surface area (Å²) in [6.07, 6.45) is 6.66. The van der Waals surface area contributed by atoms with E-state index in [1.165, 1.54) is 0 Å². The van der Waals surface area contributed by atoms with Crippen molar-refractivity contribution in [2.45, 2.75) is 6.54 Å². The Balaban J connectivity index is 1.95. The summed E-state index contributed by atoms with van der Waals surface area (Å²) in [7, 11) is 0. The van der Waals surface area contributed by atoms with Crippen molar-refractivity contribution in [2.75, 3.05) is 5.32 Å². The van der Waals surface area contributed by atoms with Crippen LogP contribution in [0.15, 0.2) is 40.0 Å². The van der Waals surface area contributed by atoms with E-state index in [0.29, 0.717) is 6.54 Å². The summed E-state index contributed by atoms with van der Waals surface area (Å²) in [4.78, 5) is 8.17. The Kier molecular flexibility index (Phi) is 2.78. The molecule has 0 fully saturated rings. The van der Waals surface area contributed by atoms with Gasteiger partial charge >= 0.3 is 0 Å². The number of nitrogens with zero attached hydrogens (tertiary/aromatic N) is 2. The lowest BCUT2D eigenvalue weighted by molar-refractivity contribution is 0.564. The molecular weight excluding hydrogens is 246 g/mol. The van der Waals surface area contributed by atoms with Gasteiger partial charge in [0.1, 0.15) is 10.4 Å². The third-order valence-electron chi connectivity index (χ3n) is 1.67. The summed E-state index contributed by atoms with van der Waals surface area (Å²) >= 11 is 3.22. The zero-order valence-electron chi connectivity index (χ0n) is 7.27. The molecule has 5 heteroatoms. The first kappa shape index (κ1) is 9.21. The lowest BCUT2D eigenvalue weighted by Gasteiger charge is -2.01. The molecule has 0 atom stereocenters. The highest BCUT2D eigenvalue weighted by molar-refractivity contribution is 9.10. The van der Waals surface area contributed by atoms with Gasteiger partial charge in [-0.1, -0.05) is 0 Å². The van der Waals surface area contributed by atoms with Crippen LogP contribution in [0.3, 0.4) is 0 Å². The number of furan rings is 1. The van der Waals surface area contributed by atoms with Crippen LogP contribution in [0.1, 0.15) is 5.56 Å². The SMILES string of the molecule is Brc1cnc(NCc2ccoc2)cn1. The van der Waals surface area contributed by atoms with Crippen molar-refractivity contribution in [1.29, 1.82) is 0 Å². The Labute approximate surface area is 89.5 Å². The van der Waals surface area contributed by atoms with Gasteiger partial charge in [0.05, 0.1) is 24.9 Å². The highest BCUT2D eigenvalue weighted by atomic mass is 79.9. The van der Waals surface area contributed by atoms with Crippen LogP contribution in [0.2, 0.25) is 0 Å². The molecule has 2 aromatic rings. The molecule has 0 unspecified atom stereocenters. The van der Waals surface area contributed by atoms with E-state index < -0.39 is 0 Å². The van der Waals surface area contributed by atoms with Crippen LogP contribution < -0.4 is 5.32 Å². The largest absolute Gasteiger partial charge is 0.472 e. The fraction of sp³-hybridized carbons (Fsp3) is 0.111. The van der Waals surface area contributed by atoms with Gasteiger partial charge in [-0.25, -0.2) is 9.97 Å². The third kappa shape index (κ3) is 2.32. The predicted molar refractivity (Wildman–Crippen MR) is 55.8 cm³/mol. The lowest BCUT2D eigenvalue weighted by atomic mass is 10.3. The lowest BCUT2D eigenvalue weighted by Crippen LogP contribution is -2.00. The van der Waals surface area contributed by atoms with Gasteiger partial charge in [0.2, 0.25) is 0 Å². The van der Waals surface area contributed by atoms with Crippen LogP contribution in [-0.2, 0) is 6.54 Å². The first-order valence-corrected chi connectivity index (χ1v) is 4.86.